The molecular formula is C21H19N3O2. The number of allylic oxidation sites excluding steroid dienone is 3. The first-order valence-electron chi connectivity index (χ1n) is 8.98. The van der Waals surface area contributed by atoms with E-state index in [-0.39, 0.29) is 35.5 Å². The highest BCUT2D eigenvalue weighted by atomic mass is 16.2. The van der Waals surface area contributed by atoms with Gasteiger partial charge in [-0.2, -0.15) is 10.1 Å². The number of hydrogen-bond donors (Lipinski definition) is 0. The van der Waals surface area contributed by atoms with E-state index in [0.29, 0.717) is 6.54 Å². The molecule has 2 amide bonds. The molecule has 2 bridgehead atoms. The Morgan fingerprint density at radius 2 is 1.81 bits per heavy atom. The summed E-state index contributed by atoms with van der Waals surface area (Å²) in [5, 5.41) is 6.44. The lowest BCUT2D eigenvalue weighted by molar-refractivity contribution is -0.140. The molecule has 4 atom stereocenters. The molecule has 2 aromatic rings. The number of para-hydroxylation sites is 1. The summed E-state index contributed by atoms with van der Waals surface area (Å²) >= 11 is 0. The van der Waals surface area contributed by atoms with Gasteiger partial charge in [0.15, 0.2) is 0 Å². The Morgan fingerprint density at radius 1 is 1.12 bits per heavy atom. The predicted molar refractivity (Wildman–Crippen MR) is 99.3 cm³/mol. The molecule has 130 valence electrons. The summed E-state index contributed by atoms with van der Waals surface area (Å²) in [6.07, 6.45) is 10.6. The average Bonchev–Trinajstić information content (AvgIpc) is 3.39. The lowest BCUT2D eigenvalue weighted by Gasteiger charge is -2.13. The van der Waals surface area contributed by atoms with Gasteiger partial charge in [-0.25, -0.2) is 0 Å². The van der Waals surface area contributed by atoms with Crippen LogP contribution < -0.4 is 0 Å². The number of carbonyl (C=O) groups excluding carboxylic acids is 2. The minimum atomic E-state index is -0.211. The number of nitrogens with zero attached hydrogens (tertiary/aromatic N) is 3. The highest BCUT2D eigenvalue weighted by Gasteiger charge is 2.59. The highest BCUT2D eigenvalue weighted by molar-refractivity contribution is 6.07. The van der Waals surface area contributed by atoms with E-state index in [1.54, 1.807) is 6.21 Å². The molecule has 5 heteroatoms. The normalized spacial score (nSPS) is 29.5. The lowest BCUT2D eigenvalue weighted by Crippen LogP contribution is -2.28. The fourth-order valence-corrected chi connectivity index (χ4v) is 4.79. The largest absolute Gasteiger partial charge is 0.343 e. The molecule has 1 aromatic carbocycles. The van der Waals surface area contributed by atoms with Crippen LogP contribution in [0.25, 0.3) is 10.9 Å². The molecule has 5 rings (SSSR count). The van der Waals surface area contributed by atoms with Gasteiger partial charge in [0.05, 0.1) is 18.1 Å². The monoisotopic (exact) mass is 345 g/mol. The summed E-state index contributed by atoms with van der Waals surface area (Å²) in [6, 6.07) is 8.01. The molecule has 0 unspecified atom stereocenters. The van der Waals surface area contributed by atoms with E-state index < -0.39 is 0 Å². The van der Waals surface area contributed by atoms with E-state index in [2.05, 4.69) is 28.4 Å². The van der Waals surface area contributed by atoms with E-state index in [0.717, 1.165) is 27.9 Å². The topological polar surface area (TPSA) is 54.7 Å². The van der Waals surface area contributed by atoms with Crippen molar-refractivity contribution in [2.75, 3.05) is 0 Å². The molecule has 26 heavy (non-hydrogen) atoms. The molecule has 1 saturated carbocycles. The van der Waals surface area contributed by atoms with Crippen LogP contribution in [-0.2, 0) is 16.1 Å². The smallest absolute Gasteiger partial charge is 0.254 e. The zero-order valence-corrected chi connectivity index (χ0v) is 14.3. The zero-order valence-electron chi connectivity index (χ0n) is 14.3. The first-order chi connectivity index (χ1) is 12.7. The van der Waals surface area contributed by atoms with Crippen LogP contribution in [-0.4, -0.2) is 27.6 Å². The molecule has 1 saturated heterocycles. The third-order valence-electron chi connectivity index (χ3n) is 5.90. The van der Waals surface area contributed by atoms with Gasteiger partial charge in [-0.3, -0.25) is 9.59 Å². The van der Waals surface area contributed by atoms with Crippen molar-refractivity contribution < 1.29 is 9.59 Å². The maximum atomic E-state index is 12.7. The second-order valence-corrected chi connectivity index (χ2v) is 7.28. The van der Waals surface area contributed by atoms with Crippen molar-refractivity contribution in [3.05, 3.63) is 60.8 Å². The Balaban J connectivity index is 1.48. The number of amides is 2. The van der Waals surface area contributed by atoms with Crippen LogP contribution in [0.4, 0.5) is 0 Å². The average molecular weight is 345 g/mol. The maximum absolute atomic E-state index is 12.7. The van der Waals surface area contributed by atoms with Crippen LogP contribution >= 0.6 is 0 Å². The minimum absolute atomic E-state index is 0.150. The first-order valence-corrected chi connectivity index (χ1v) is 8.98. The van der Waals surface area contributed by atoms with Crippen molar-refractivity contribution in [2.24, 2.45) is 28.8 Å². The van der Waals surface area contributed by atoms with Gasteiger partial charge in [-0.1, -0.05) is 36.4 Å². The molecule has 1 aromatic heterocycles. The van der Waals surface area contributed by atoms with Gasteiger partial charge in [-0.05, 0) is 24.3 Å². The van der Waals surface area contributed by atoms with Crippen molar-refractivity contribution in [1.29, 1.82) is 0 Å². The van der Waals surface area contributed by atoms with Crippen molar-refractivity contribution in [1.82, 2.24) is 9.58 Å². The van der Waals surface area contributed by atoms with E-state index in [4.69, 9.17) is 0 Å². The third kappa shape index (κ3) is 2.00. The summed E-state index contributed by atoms with van der Waals surface area (Å²) < 4.78 is 2.08. The predicted octanol–water partition coefficient (Wildman–Crippen LogP) is 2.97. The van der Waals surface area contributed by atoms with Crippen LogP contribution in [0.15, 0.2) is 60.4 Å². The summed E-state index contributed by atoms with van der Waals surface area (Å²) in [4.78, 5) is 25.4. The third-order valence-corrected chi connectivity index (χ3v) is 5.90. The number of imide groups is 1. The van der Waals surface area contributed by atoms with E-state index in [9.17, 15) is 9.59 Å². The SMILES string of the molecule is C=CCn1cc(/C=N\N2C(=O)[C@H]3[C@H](C2=O)[C@H]2C=C[C@H]3C2)c2ccccc21. The Morgan fingerprint density at radius 3 is 2.50 bits per heavy atom. The molecule has 0 N–H and O–H groups in total. The van der Waals surface area contributed by atoms with Gasteiger partial charge in [0, 0.05) is 29.2 Å². The molecule has 2 heterocycles. The Kier molecular flexibility index (Phi) is 3.26. The molecule has 3 aliphatic rings. The summed E-state index contributed by atoms with van der Waals surface area (Å²) in [7, 11) is 0. The number of hydrogen-bond acceptors (Lipinski definition) is 3. The molecular weight excluding hydrogens is 326 g/mol. The number of benzene rings is 1. The van der Waals surface area contributed by atoms with Crippen molar-refractivity contribution in [3.8, 4) is 0 Å². The van der Waals surface area contributed by atoms with Crippen molar-refractivity contribution in [2.45, 2.75) is 13.0 Å². The maximum Gasteiger partial charge on any atom is 0.254 e. The second kappa shape index (κ2) is 5.53. The van der Waals surface area contributed by atoms with E-state index >= 15 is 0 Å². The van der Waals surface area contributed by atoms with Crippen LogP contribution in [0.5, 0.6) is 0 Å². The van der Waals surface area contributed by atoms with Gasteiger partial charge in [0.2, 0.25) is 0 Å². The van der Waals surface area contributed by atoms with Gasteiger partial charge < -0.3 is 4.57 Å². The fraction of sp³-hybridized carbons (Fsp3) is 0.286. The van der Waals surface area contributed by atoms with Crippen LogP contribution in [0.2, 0.25) is 0 Å². The Labute approximate surface area is 151 Å². The van der Waals surface area contributed by atoms with Gasteiger partial charge in [0.1, 0.15) is 0 Å². The molecule has 0 radical (unpaired) electrons. The number of fused-ring (bicyclic) bond motifs is 6. The quantitative estimate of drug-likeness (QED) is 0.486. The minimum Gasteiger partial charge on any atom is -0.343 e. The number of carbonyl (C=O) groups is 2. The summed E-state index contributed by atoms with van der Waals surface area (Å²) in [6.45, 7) is 4.49. The number of rotatable bonds is 4. The molecule has 2 fully saturated rings. The molecule has 5 nitrogen and oxygen atoms in total. The van der Waals surface area contributed by atoms with Crippen LogP contribution in [0.3, 0.4) is 0 Å². The molecule has 1 aliphatic heterocycles. The van der Waals surface area contributed by atoms with Crippen LogP contribution in [0, 0.1) is 23.7 Å². The lowest BCUT2D eigenvalue weighted by atomic mass is 9.85. The Hall–Kier alpha value is -2.95. The van der Waals surface area contributed by atoms with Gasteiger partial charge in [0.25, 0.3) is 11.8 Å². The van der Waals surface area contributed by atoms with Crippen LogP contribution in [0.1, 0.15) is 12.0 Å². The zero-order chi connectivity index (χ0) is 17.8. The van der Waals surface area contributed by atoms with E-state index in [1.165, 1.54) is 0 Å². The van der Waals surface area contributed by atoms with Crippen molar-refractivity contribution >= 4 is 28.9 Å². The molecule has 0 spiro atoms. The highest BCUT2D eigenvalue weighted by Crippen LogP contribution is 2.52. The summed E-state index contributed by atoms with van der Waals surface area (Å²) in [5.41, 5.74) is 1.97. The number of hydrazone groups is 1. The standard InChI is InChI=1S/C21H19N3O2/c1-2-9-23-12-15(16-5-3-4-6-17(16)23)11-22-24-20(25)18-13-7-8-14(10-13)19(18)21(24)26/h2-8,11-14,18-19H,1,9-10H2/b22-11-/t13-,14-,18+,19+/m0/s1. The summed E-state index contributed by atoms with van der Waals surface area (Å²) in [5.74, 6) is -0.313. The van der Waals surface area contributed by atoms with E-state index in [1.807, 2.05) is 36.5 Å². The number of aromatic nitrogens is 1. The van der Waals surface area contributed by atoms with Gasteiger partial charge in [-0.15, -0.1) is 6.58 Å². The fourth-order valence-electron chi connectivity index (χ4n) is 4.79. The van der Waals surface area contributed by atoms with Gasteiger partial charge >= 0.3 is 0 Å². The Bertz CT molecular complexity index is 970. The first kappa shape index (κ1) is 15.3. The van der Waals surface area contributed by atoms with Crippen molar-refractivity contribution in [3.63, 3.8) is 0 Å². The molecule has 2 aliphatic carbocycles. The second-order valence-electron chi connectivity index (χ2n) is 7.28.